The van der Waals surface area contributed by atoms with Crippen molar-refractivity contribution in [2.75, 3.05) is 9.80 Å². The molecule has 8 aromatic rings. The van der Waals surface area contributed by atoms with Crippen molar-refractivity contribution in [2.24, 2.45) is 5.41 Å². The highest BCUT2D eigenvalue weighted by molar-refractivity contribution is 6.93. The third-order valence-corrected chi connectivity index (χ3v) is 18.9. The maximum atomic E-state index is 2.84. The Balaban J connectivity index is 1.21. The van der Waals surface area contributed by atoms with Crippen molar-refractivity contribution >= 4 is 46.0 Å². The van der Waals surface area contributed by atoms with E-state index in [1.165, 1.54) is 123 Å². The number of hydrogen-bond acceptors (Lipinski definition) is 2. The second-order valence-corrected chi connectivity index (χ2v) is 27.4. The molecular weight excluding hydrogens is 964 g/mol. The summed E-state index contributed by atoms with van der Waals surface area (Å²) in [4.78, 5) is 5.58. The number of benzene rings is 8. The Morgan fingerprint density at radius 3 is 1.70 bits per heavy atom. The lowest BCUT2D eigenvalue weighted by Crippen LogP contribution is -2.56. The molecule has 0 aromatic heterocycles. The van der Waals surface area contributed by atoms with Gasteiger partial charge < -0.3 is 9.80 Å². The standard InChI is InChI=1S/C77H81BN2/c1-16-57(29-25-28-50(3)58-30-18-17-27-49(58)2)80-67-40-39-54(73(5,6)7)48-66(67)78-42-41-76(14,15)51(4)79(69-45-53(46-70(80)72(69)78)52-43-55(74(8,9)10)47-56(44-52)75(11,12)13)68-38-26-34-62-61-33-21-24-37-65(61)77(71(62)68)63-35-22-19-31-59(63)60-32-20-23-36-64(60)77/h17-48,51,57H,16H2,1-15H3/b29-25?,42-41+,50-28+/t51-,57?/m1/s1. The van der Waals surface area contributed by atoms with Crippen LogP contribution < -0.4 is 20.7 Å². The van der Waals surface area contributed by atoms with E-state index in [-0.39, 0.29) is 40.5 Å². The average Bonchev–Trinajstić information content (AvgIpc) is 4.07. The molecule has 3 heteroatoms. The molecule has 0 saturated carbocycles. The molecule has 1 unspecified atom stereocenters. The fourth-order valence-corrected chi connectivity index (χ4v) is 14.0. The van der Waals surface area contributed by atoms with E-state index < -0.39 is 5.41 Å². The largest absolute Gasteiger partial charge is 0.338 e. The summed E-state index contributed by atoms with van der Waals surface area (Å²) >= 11 is 0. The molecule has 402 valence electrons. The molecule has 0 amide bonds. The maximum absolute atomic E-state index is 2.84. The topological polar surface area (TPSA) is 6.48 Å². The highest BCUT2D eigenvalue weighted by Gasteiger charge is 2.54. The number of anilines is 4. The van der Waals surface area contributed by atoms with Crippen LogP contribution in [0.4, 0.5) is 22.7 Å². The molecule has 1 spiro atoms. The van der Waals surface area contributed by atoms with Gasteiger partial charge in [-0.3, -0.25) is 0 Å². The van der Waals surface area contributed by atoms with E-state index in [1.54, 1.807) is 0 Å². The molecule has 0 fully saturated rings. The summed E-state index contributed by atoms with van der Waals surface area (Å²) in [6.45, 7) is 35.6. The molecule has 0 N–H and O–H groups in total. The van der Waals surface area contributed by atoms with Gasteiger partial charge in [0.25, 0.3) is 0 Å². The SMILES string of the molecule is CCC(C=C/C=C(\C)c1ccccc1C)N1c2ccc(C(C)(C)C)cc2B2/C=C/C(C)(C)[C@@H](C)N(c3cccc4c3C3(c5ccccc5-c5ccccc53)c3ccccc3-4)c3cc(-c4cc(C(C)(C)C)cc(C(C)(C)C)c4)cc1c32. The van der Waals surface area contributed by atoms with Gasteiger partial charge in [-0.25, -0.2) is 0 Å². The summed E-state index contributed by atoms with van der Waals surface area (Å²) in [5, 5.41) is 0. The van der Waals surface area contributed by atoms with E-state index >= 15 is 0 Å². The normalized spacial score (nSPS) is 17.6. The van der Waals surface area contributed by atoms with Crippen LogP contribution in [0.15, 0.2) is 194 Å². The summed E-state index contributed by atoms with van der Waals surface area (Å²) in [7, 11) is 0. The molecule has 0 saturated heterocycles. The van der Waals surface area contributed by atoms with Crippen molar-refractivity contribution in [3.63, 3.8) is 0 Å². The first-order valence-electron chi connectivity index (χ1n) is 29.6. The van der Waals surface area contributed by atoms with Crippen LogP contribution in [-0.2, 0) is 21.7 Å². The van der Waals surface area contributed by atoms with E-state index in [2.05, 4.69) is 308 Å². The molecule has 2 atom stereocenters. The van der Waals surface area contributed by atoms with Crippen molar-refractivity contribution in [1.82, 2.24) is 0 Å². The minimum atomic E-state index is -0.542. The minimum absolute atomic E-state index is 0.0245. The van der Waals surface area contributed by atoms with Gasteiger partial charge in [0.15, 0.2) is 0 Å². The second kappa shape index (κ2) is 19.1. The summed E-state index contributed by atoms with van der Waals surface area (Å²) in [5.41, 5.74) is 28.0. The summed E-state index contributed by atoms with van der Waals surface area (Å²) in [6.07, 6.45) is 10.6. The molecule has 80 heavy (non-hydrogen) atoms. The van der Waals surface area contributed by atoms with Crippen molar-refractivity contribution < 1.29 is 0 Å². The quantitative estimate of drug-likeness (QED) is 0.116. The summed E-state index contributed by atoms with van der Waals surface area (Å²) in [5.74, 6) is 2.59. The Hall–Kier alpha value is -7.36. The molecule has 2 heterocycles. The van der Waals surface area contributed by atoms with Gasteiger partial charge in [0.05, 0.1) is 11.5 Å². The van der Waals surface area contributed by atoms with Crippen LogP contribution in [0, 0.1) is 12.3 Å². The Bertz CT molecular complexity index is 3780. The number of rotatable bonds is 7. The molecule has 2 nitrogen and oxygen atoms in total. The molecule has 12 rings (SSSR count). The molecule has 2 aliphatic heterocycles. The minimum Gasteiger partial charge on any atom is -0.338 e. The Morgan fingerprint density at radius 1 is 0.575 bits per heavy atom. The van der Waals surface area contributed by atoms with Crippen LogP contribution in [0.2, 0.25) is 0 Å². The van der Waals surface area contributed by atoms with Crippen LogP contribution in [0.1, 0.15) is 153 Å². The summed E-state index contributed by atoms with van der Waals surface area (Å²) < 4.78 is 0. The van der Waals surface area contributed by atoms with Gasteiger partial charge in [-0.15, -0.1) is 5.98 Å². The fraction of sp³-hybridized carbons (Fsp3) is 0.299. The van der Waals surface area contributed by atoms with E-state index in [9.17, 15) is 0 Å². The fourth-order valence-electron chi connectivity index (χ4n) is 14.0. The van der Waals surface area contributed by atoms with Crippen molar-refractivity contribution in [3.05, 3.63) is 244 Å². The number of nitrogens with zero attached hydrogens (tertiary/aromatic N) is 2. The van der Waals surface area contributed by atoms with Gasteiger partial charge in [0, 0.05) is 39.8 Å². The van der Waals surface area contributed by atoms with E-state index in [4.69, 9.17) is 0 Å². The first kappa shape index (κ1) is 53.3. The number of hydrogen-bond donors (Lipinski definition) is 0. The highest BCUT2D eigenvalue weighted by atomic mass is 15.2. The van der Waals surface area contributed by atoms with Gasteiger partial charge in [-0.05, 0) is 162 Å². The monoisotopic (exact) mass is 1040 g/mol. The highest BCUT2D eigenvalue weighted by Crippen LogP contribution is 2.65. The number of fused-ring (bicyclic) bond motifs is 12. The third-order valence-electron chi connectivity index (χ3n) is 18.9. The lowest BCUT2D eigenvalue weighted by Gasteiger charge is -2.48. The Kier molecular flexibility index (Phi) is 12.8. The molecule has 8 aromatic carbocycles. The molecular formula is C77H81BN2. The third kappa shape index (κ3) is 8.43. The Labute approximate surface area is 480 Å². The van der Waals surface area contributed by atoms with Gasteiger partial charge in [0.2, 0.25) is 6.71 Å². The van der Waals surface area contributed by atoms with Crippen LogP contribution in [-0.4, -0.2) is 18.8 Å². The van der Waals surface area contributed by atoms with E-state index in [0.717, 1.165) is 6.42 Å². The van der Waals surface area contributed by atoms with Crippen molar-refractivity contribution in [1.29, 1.82) is 0 Å². The average molecular weight is 1050 g/mol. The van der Waals surface area contributed by atoms with Crippen LogP contribution in [0.25, 0.3) is 39.0 Å². The molecule has 0 radical (unpaired) electrons. The van der Waals surface area contributed by atoms with E-state index in [1.807, 2.05) is 0 Å². The van der Waals surface area contributed by atoms with Gasteiger partial charge in [0.1, 0.15) is 0 Å². The smallest absolute Gasteiger partial charge is 0.241 e. The second-order valence-electron chi connectivity index (χ2n) is 27.4. The van der Waals surface area contributed by atoms with Crippen LogP contribution in [0.5, 0.6) is 0 Å². The van der Waals surface area contributed by atoms with Gasteiger partial charge >= 0.3 is 0 Å². The number of allylic oxidation sites excluding steroid dienone is 3. The zero-order valence-electron chi connectivity index (χ0n) is 50.3. The first-order valence-corrected chi connectivity index (χ1v) is 29.6. The van der Waals surface area contributed by atoms with Crippen LogP contribution >= 0.6 is 0 Å². The van der Waals surface area contributed by atoms with Gasteiger partial charge in [-0.2, -0.15) is 0 Å². The predicted molar refractivity (Wildman–Crippen MR) is 347 cm³/mol. The molecule has 4 aliphatic rings. The molecule has 2 aliphatic carbocycles. The zero-order valence-corrected chi connectivity index (χ0v) is 50.3. The molecule has 0 bridgehead atoms. The predicted octanol–water partition coefficient (Wildman–Crippen LogP) is 19.1. The van der Waals surface area contributed by atoms with Crippen molar-refractivity contribution in [3.8, 4) is 33.4 Å². The van der Waals surface area contributed by atoms with Crippen LogP contribution in [0.3, 0.4) is 0 Å². The summed E-state index contributed by atoms with van der Waals surface area (Å²) in [6, 6.07) is 64.1. The zero-order chi connectivity index (χ0) is 56.4. The van der Waals surface area contributed by atoms with Crippen molar-refractivity contribution in [2.45, 2.75) is 144 Å². The first-order chi connectivity index (χ1) is 38.0. The maximum Gasteiger partial charge on any atom is 0.241 e. The lowest BCUT2D eigenvalue weighted by molar-refractivity contribution is 0.389. The van der Waals surface area contributed by atoms with Gasteiger partial charge in [-0.1, -0.05) is 247 Å². The number of aryl methyl sites for hydroxylation is 1. The Morgan fingerprint density at radius 2 is 1.11 bits per heavy atom. The van der Waals surface area contributed by atoms with E-state index in [0.29, 0.717) is 0 Å². The lowest BCUT2D eigenvalue weighted by atomic mass is 9.37.